The molecule has 0 aromatic heterocycles. The molecule has 0 atom stereocenters. The predicted molar refractivity (Wildman–Crippen MR) is 81.3 cm³/mol. The van der Waals surface area contributed by atoms with Gasteiger partial charge >= 0.3 is 5.97 Å². The molecule has 0 heterocycles. The van der Waals surface area contributed by atoms with E-state index < -0.39 is 0 Å². The number of carbonyl (C=O) groups excluding carboxylic acids is 1. The normalized spacial score (nSPS) is 26.8. The number of nitrogens with two attached hydrogens (primary N) is 1. The number of hydrogen-bond acceptors (Lipinski definition) is 3. The maximum absolute atomic E-state index is 12.6. The molecule has 2 rings (SSSR count). The molecule has 2 aliphatic carbocycles. The Hall–Kier alpha value is -0.570. The predicted octanol–water partition coefficient (Wildman–Crippen LogP) is 3.80. The van der Waals surface area contributed by atoms with Crippen molar-refractivity contribution in [1.82, 2.24) is 0 Å². The summed E-state index contributed by atoms with van der Waals surface area (Å²) >= 11 is 0. The lowest BCUT2D eigenvalue weighted by Crippen LogP contribution is -2.42. The zero-order chi connectivity index (χ0) is 14.6. The van der Waals surface area contributed by atoms with Gasteiger partial charge in [-0.1, -0.05) is 39.5 Å². The van der Waals surface area contributed by atoms with Crippen LogP contribution in [0.1, 0.15) is 78.1 Å². The second kappa shape index (κ2) is 6.46. The first-order valence-corrected chi connectivity index (χ1v) is 8.39. The quantitative estimate of drug-likeness (QED) is 0.632. The molecule has 0 saturated heterocycles. The molecule has 0 aromatic carbocycles. The van der Waals surface area contributed by atoms with E-state index in [1.165, 1.54) is 12.8 Å². The minimum Gasteiger partial charge on any atom is -0.462 e. The van der Waals surface area contributed by atoms with Crippen LogP contribution in [-0.4, -0.2) is 18.6 Å². The van der Waals surface area contributed by atoms with E-state index in [-0.39, 0.29) is 17.5 Å². The average molecular weight is 281 g/mol. The van der Waals surface area contributed by atoms with Crippen LogP contribution in [0.3, 0.4) is 0 Å². The summed E-state index contributed by atoms with van der Waals surface area (Å²) in [4.78, 5) is 12.6. The van der Waals surface area contributed by atoms with Gasteiger partial charge in [-0.05, 0) is 43.9 Å². The van der Waals surface area contributed by atoms with Crippen molar-refractivity contribution in [2.45, 2.75) is 84.2 Å². The highest BCUT2D eigenvalue weighted by molar-refractivity contribution is 5.77. The van der Waals surface area contributed by atoms with Crippen molar-refractivity contribution < 1.29 is 9.53 Å². The van der Waals surface area contributed by atoms with Crippen molar-refractivity contribution >= 4 is 5.97 Å². The van der Waals surface area contributed by atoms with Crippen LogP contribution >= 0.6 is 0 Å². The molecule has 3 nitrogen and oxygen atoms in total. The van der Waals surface area contributed by atoms with Crippen LogP contribution in [0.2, 0.25) is 0 Å². The molecular weight excluding hydrogens is 250 g/mol. The second-order valence-corrected chi connectivity index (χ2v) is 7.67. The van der Waals surface area contributed by atoms with E-state index >= 15 is 0 Å². The van der Waals surface area contributed by atoms with Crippen LogP contribution in [0.4, 0.5) is 0 Å². The monoisotopic (exact) mass is 281 g/mol. The van der Waals surface area contributed by atoms with Crippen molar-refractivity contribution in [2.24, 2.45) is 16.6 Å². The fourth-order valence-corrected chi connectivity index (χ4v) is 3.66. The van der Waals surface area contributed by atoms with E-state index in [4.69, 9.17) is 10.5 Å². The Morgan fingerprint density at radius 2 is 1.60 bits per heavy atom. The minimum atomic E-state index is -0.385. The highest BCUT2D eigenvalue weighted by atomic mass is 16.5. The molecule has 0 aliphatic heterocycles. The van der Waals surface area contributed by atoms with E-state index in [9.17, 15) is 4.79 Å². The molecule has 2 aliphatic rings. The molecule has 2 N–H and O–H groups in total. The van der Waals surface area contributed by atoms with E-state index in [0.29, 0.717) is 12.0 Å². The summed E-state index contributed by atoms with van der Waals surface area (Å²) < 4.78 is 5.86. The van der Waals surface area contributed by atoms with Gasteiger partial charge < -0.3 is 10.5 Å². The summed E-state index contributed by atoms with van der Waals surface area (Å²) in [6.45, 7) is 5.06. The molecule has 0 aromatic rings. The van der Waals surface area contributed by atoms with Crippen LogP contribution in [0, 0.1) is 10.8 Å². The number of esters is 1. The van der Waals surface area contributed by atoms with Gasteiger partial charge in [-0.3, -0.25) is 4.79 Å². The highest BCUT2D eigenvalue weighted by Gasteiger charge is 2.40. The van der Waals surface area contributed by atoms with E-state index in [1.54, 1.807) is 0 Å². The van der Waals surface area contributed by atoms with Crippen LogP contribution in [-0.2, 0) is 9.53 Å². The Morgan fingerprint density at radius 3 is 2.10 bits per heavy atom. The largest absolute Gasteiger partial charge is 0.462 e. The SMILES string of the molecule is CC1(C)CCC(OC(=O)C2(CN)CCCCCC2)CC1. The van der Waals surface area contributed by atoms with Crippen LogP contribution in [0.25, 0.3) is 0 Å². The molecule has 0 bridgehead atoms. The lowest BCUT2D eigenvalue weighted by molar-refractivity contribution is -0.164. The Kier molecular flexibility index (Phi) is 5.11. The molecule has 2 saturated carbocycles. The molecule has 20 heavy (non-hydrogen) atoms. The van der Waals surface area contributed by atoms with E-state index in [2.05, 4.69) is 13.8 Å². The maximum atomic E-state index is 12.6. The third-order valence-corrected chi connectivity index (χ3v) is 5.44. The fraction of sp³-hybridized carbons (Fsp3) is 0.941. The molecule has 3 heteroatoms. The van der Waals surface area contributed by atoms with Gasteiger partial charge in [0.25, 0.3) is 0 Å². The lowest BCUT2D eigenvalue weighted by atomic mass is 9.76. The number of hydrogen-bond donors (Lipinski definition) is 1. The maximum Gasteiger partial charge on any atom is 0.313 e. The van der Waals surface area contributed by atoms with Gasteiger partial charge in [0.2, 0.25) is 0 Å². The summed E-state index contributed by atoms with van der Waals surface area (Å²) in [6.07, 6.45) is 11.0. The van der Waals surface area contributed by atoms with Crippen molar-refractivity contribution in [3.63, 3.8) is 0 Å². The molecule has 0 amide bonds. The van der Waals surface area contributed by atoms with Crippen LogP contribution in [0.5, 0.6) is 0 Å². The number of ether oxygens (including phenoxy) is 1. The third kappa shape index (κ3) is 3.75. The first kappa shape index (κ1) is 15.8. The summed E-state index contributed by atoms with van der Waals surface area (Å²) in [6, 6.07) is 0. The summed E-state index contributed by atoms with van der Waals surface area (Å²) in [5.41, 5.74) is 5.98. The van der Waals surface area contributed by atoms with Crippen molar-refractivity contribution in [1.29, 1.82) is 0 Å². The number of rotatable bonds is 3. The fourth-order valence-electron chi connectivity index (χ4n) is 3.66. The third-order valence-electron chi connectivity index (χ3n) is 5.44. The van der Waals surface area contributed by atoms with Gasteiger partial charge in [0.15, 0.2) is 0 Å². The topological polar surface area (TPSA) is 52.3 Å². The van der Waals surface area contributed by atoms with Crippen LogP contribution < -0.4 is 5.73 Å². The summed E-state index contributed by atoms with van der Waals surface area (Å²) in [7, 11) is 0. The van der Waals surface area contributed by atoms with Crippen molar-refractivity contribution in [3.8, 4) is 0 Å². The minimum absolute atomic E-state index is 0.00777. The average Bonchev–Trinajstić information content (AvgIpc) is 2.67. The second-order valence-electron chi connectivity index (χ2n) is 7.67. The highest BCUT2D eigenvalue weighted by Crippen LogP contribution is 2.39. The molecule has 116 valence electrons. The van der Waals surface area contributed by atoms with Gasteiger partial charge in [-0.15, -0.1) is 0 Å². The molecular formula is C17H31NO2. The Labute approximate surface area is 123 Å². The zero-order valence-corrected chi connectivity index (χ0v) is 13.2. The van der Waals surface area contributed by atoms with Gasteiger partial charge in [0.05, 0.1) is 5.41 Å². The Morgan fingerprint density at radius 1 is 1.05 bits per heavy atom. The van der Waals surface area contributed by atoms with Crippen molar-refractivity contribution in [3.05, 3.63) is 0 Å². The van der Waals surface area contributed by atoms with E-state index in [0.717, 1.165) is 51.4 Å². The van der Waals surface area contributed by atoms with Gasteiger partial charge in [0, 0.05) is 6.54 Å². The first-order valence-electron chi connectivity index (χ1n) is 8.39. The van der Waals surface area contributed by atoms with Crippen molar-refractivity contribution in [2.75, 3.05) is 6.54 Å². The van der Waals surface area contributed by atoms with E-state index in [1.807, 2.05) is 0 Å². The Bertz CT molecular complexity index is 320. The zero-order valence-electron chi connectivity index (χ0n) is 13.2. The van der Waals surface area contributed by atoms with Gasteiger partial charge in [-0.25, -0.2) is 0 Å². The number of carbonyl (C=O) groups is 1. The van der Waals surface area contributed by atoms with Gasteiger partial charge in [-0.2, -0.15) is 0 Å². The standard InChI is InChI=1S/C17H31NO2/c1-16(2)11-7-14(8-12-16)20-15(19)17(13-18)9-5-3-4-6-10-17/h14H,3-13,18H2,1-2H3. The molecule has 2 fully saturated rings. The molecule has 0 radical (unpaired) electrons. The molecule has 0 spiro atoms. The lowest BCUT2D eigenvalue weighted by Gasteiger charge is -2.36. The van der Waals surface area contributed by atoms with Crippen LogP contribution in [0.15, 0.2) is 0 Å². The summed E-state index contributed by atoms with van der Waals surface area (Å²) in [5.74, 6) is -0.00777. The summed E-state index contributed by atoms with van der Waals surface area (Å²) in [5, 5.41) is 0. The smallest absolute Gasteiger partial charge is 0.313 e. The molecule has 0 unspecified atom stereocenters. The first-order chi connectivity index (χ1) is 9.47. The Balaban J connectivity index is 1.92. The van der Waals surface area contributed by atoms with Gasteiger partial charge in [0.1, 0.15) is 6.10 Å².